The largest absolute Gasteiger partial charge is 0.480 e. The van der Waals surface area contributed by atoms with Crippen molar-refractivity contribution in [2.45, 2.75) is 18.9 Å². The number of carbonyl (C=O) groups is 2. The number of thioether (sulfide) groups is 1. The second-order valence-corrected chi connectivity index (χ2v) is 4.75. The normalized spacial score (nSPS) is 10.4. The van der Waals surface area contributed by atoms with Crippen LogP contribution in [0.3, 0.4) is 0 Å². The molecule has 7 heteroatoms. The lowest BCUT2D eigenvalue weighted by Crippen LogP contribution is -2.34. The fraction of sp³-hybridized carbons (Fsp3) is 0.500. The molecule has 19 heavy (non-hydrogen) atoms. The van der Waals surface area contributed by atoms with E-state index in [9.17, 15) is 9.59 Å². The number of likely N-dealkylation sites (N-methyl/N-ethyl adjacent to an activating group) is 1. The number of carboxylic acid groups (broad SMARTS) is 1. The van der Waals surface area contributed by atoms with Crippen molar-refractivity contribution in [1.29, 1.82) is 0 Å². The topological polar surface area (TPSA) is 75.6 Å². The van der Waals surface area contributed by atoms with Crippen molar-refractivity contribution in [1.82, 2.24) is 5.32 Å². The van der Waals surface area contributed by atoms with Gasteiger partial charge in [0.15, 0.2) is 0 Å². The van der Waals surface area contributed by atoms with E-state index < -0.39 is 18.0 Å². The van der Waals surface area contributed by atoms with Gasteiger partial charge in [0.25, 0.3) is 0 Å². The van der Waals surface area contributed by atoms with Crippen molar-refractivity contribution < 1.29 is 19.2 Å². The maximum absolute atomic E-state index is 10.7. The lowest BCUT2D eigenvalue weighted by atomic mass is 10.2. The summed E-state index contributed by atoms with van der Waals surface area (Å²) in [5.41, 5.74) is 0. The Kier molecular flexibility index (Phi) is 11.1. The zero-order valence-corrected chi connectivity index (χ0v) is 12.5. The summed E-state index contributed by atoms with van der Waals surface area (Å²) in [5, 5.41) is 11.5. The molecular weight excluding hydrogens is 285 g/mol. The van der Waals surface area contributed by atoms with Crippen molar-refractivity contribution in [3.05, 3.63) is 0 Å². The molecule has 5 nitrogen and oxygen atoms in total. The van der Waals surface area contributed by atoms with Gasteiger partial charge in [-0.3, -0.25) is 4.79 Å². The van der Waals surface area contributed by atoms with Crippen LogP contribution in [0.4, 0.5) is 0 Å². The van der Waals surface area contributed by atoms with Crippen LogP contribution in [0.5, 0.6) is 0 Å². The van der Waals surface area contributed by atoms with Crippen LogP contribution >= 0.6 is 21.2 Å². The summed E-state index contributed by atoms with van der Waals surface area (Å²) in [4.78, 5) is 21.3. The van der Waals surface area contributed by atoms with Crippen molar-refractivity contribution in [2.75, 3.05) is 18.6 Å². The molecule has 0 aromatic heterocycles. The van der Waals surface area contributed by atoms with E-state index in [4.69, 9.17) is 5.11 Å². The second-order valence-electron chi connectivity index (χ2n) is 3.29. The second kappa shape index (κ2) is 11.9. The van der Waals surface area contributed by atoms with E-state index in [1.54, 1.807) is 18.8 Å². The van der Waals surface area contributed by atoms with Crippen LogP contribution in [0.25, 0.3) is 0 Å². The number of rotatable bonds is 7. The number of nitrogens with one attached hydrogen (secondary N) is 1. The minimum atomic E-state index is -0.834. The van der Waals surface area contributed by atoms with Gasteiger partial charge in [-0.25, -0.2) is 4.79 Å². The van der Waals surface area contributed by atoms with Gasteiger partial charge in [-0.1, -0.05) is 5.92 Å². The molecule has 0 aliphatic heterocycles. The highest BCUT2D eigenvalue weighted by molar-refractivity contribution is 7.99. The summed E-state index contributed by atoms with van der Waals surface area (Å²) in [6.07, 6.45) is 1.22. The summed E-state index contributed by atoms with van der Waals surface area (Å²) in [5.74, 6) is 9.98. The van der Waals surface area contributed by atoms with Crippen molar-refractivity contribution in [3.8, 4) is 23.7 Å². The smallest absolute Gasteiger partial charge is 0.387 e. The molecular formula is C12H16NO4PS. The van der Waals surface area contributed by atoms with Gasteiger partial charge in [-0.15, -0.1) is 0 Å². The lowest BCUT2D eigenvalue weighted by Gasteiger charge is -2.09. The molecule has 0 aromatic carbocycles. The molecule has 104 valence electrons. The monoisotopic (exact) mass is 301 g/mol. The van der Waals surface area contributed by atoms with Gasteiger partial charge in [-0.2, -0.15) is 11.8 Å². The predicted octanol–water partition coefficient (Wildman–Crippen LogP) is 0.512. The van der Waals surface area contributed by atoms with Crippen LogP contribution in [0.15, 0.2) is 0 Å². The molecule has 0 heterocycles. The number of carboxylic acids is 1. The number of carbonyl (C=O) groups excluding carboxylic acids is 1. The Hall–Kier alpha value is -1.20. The highest BCUT2D eigenvalue weighted by Crippen LogP contribution is 2.06. The summed E-state index contributed by atoms with van der Waals surface area (Å²) in [6.45, 7) is 0. The van der Waals surface area contributed by atoms with Gasteiger partial charge in [0.2, 0.25) is 0 Å². The average Bonchev–Trinajstić information content (AvgIpc) is 2.40. The molecule has 0 fully saturated rings. The first kappa shape index (κ1) is 17.8. The van der Waals surface area contributed by atoms with E-state index in [2.05, 4.69) is 33.5 Å². The Balaban J connectivity index is 3.65. The molecule has 0 spiro atoms. The van der Waals surface area contributed by atoms with E-state index >= 15 is 0 Å². The van der Waals surface area contributed by atoms with Crippen LogP contribution in [-0.2, 0) is 14.1 Å². The van der Waals surface area contributed by atoms with Crippen LogP contribution in [-0.4, -0.2) is 41.6 Å². The van der Waals surface area contributed by atoms with Crippen LogP contribution in [0.1, 0.15) is 12.8 Å². The van der Waals surface area contributed by atoms with Crippen LogP contribution in [0, 0.1) is 23.7 Å². The Morgan fingerprint density at radius 1 is 1.42 bits per heavy atom. The third-order valence-electron chi connectivity index (χ3n) is 1.99. The molecule has 0 saturated carbocycles. The summed E-state index contributed by atoms with van der Waals surface area (Å²) < 4.78 is 4.24. The first-order valence-corrected chi connectivity index (χ1v) is 7.11. The highest BCUT2D eigenvalue weighted by Gasteiger charge is 2.13. The van der Waals surface area contributed by atoms with Gasteiger partial charge in [-0.05, 0) is 31.1 Å². The molecule has 0 radical (unpaired) electrons. The van der Waals surface area contributed by atoms with Crippen molar-refractivity contribution in [3.63, 3.8) is 0 Å². The Labute approximate surface area is 119 Å². The van der Waals surface area contributed by atoms with Crippen molar-refractivity contribution >= 4 is 33.2 Å². The van der Waals surface area contributed by atoms with E-state index in [1.165, 1.54) is 0 Å². The maximum Gasteiger partial charge on any atom is 0.387 e. The highest BCUT2D eigenvalue weighted by atomic mass is 32.2. The third-order valence-corrected chi connectivity index (χ3v) is 3.22. The van der Waals surface area contributed by atoms with Gasteiger partial charge in [0.1, 0.15) is 6.04 Å². The molecule has 2 atom stereocenters. The molecule has 2 N–H and O–H groups in total. The molecule has 0 aliphatic rings. The molecule has 0 aromatic rings. The fourth-order valence-corrected chi connectivity index (χ4v) is 1.95. The van der Waals surface area contributed by atoms with Crippen molar-refractivity contribution in [2.24, 2.45) is 0 Å². The number of hydrogen-bond acceptors (Lipinski definition) is 5. The summed E-state index contributed by atoms with van der Waals surface area (Å²) in [6, 6.07) is -0.498. The fourth-order valence-electron chi connectivity index (χ4n) is 1.04. The van der Waals surface area contributed by atoms with Gasteiger partial charge in [0, 0.05) is 18.1 Å². The average molecular weight is 301 g/mol. The van der Waals surface area contributed by atoms with Gasteiger partial charge in [0.05, 0.1) is 9.47 Å². The van der Waals surface area contributed by atoms with Gasteiger partial charge < -0.3 is 14.9 Å². The Morgan fingerprint density at radius 3 is 2.74 bits per heavy atom. The molecule has 2 unspecified atom stereocenters. The summed E-state index contributed by atoms with van der Waals surface area (Å²) in [7, 11) is 3.45. The maximum atomic E-state index is 10.7. The Bertz CT molecular complexity index is 419. The predicted molar refractivity (Wildman–Crippen MR) is 78.4 cm³/mol. The Morgan fingerprint density at radius 2 is 2.16 bits per heavy atom. The first-order chi connectivity index (χ1) is 9.11. The minimum absolute atomic E-state index is 0.498. The van der Waals surface area contributed by atoms with E-state index in [1.807, 2.05) is 9.47 Å². The zero-order valence-electron chi connectivity index (χ0n) is 10.6. The van der Waals surface area contributed by atoms with E-state index in [0.717, 1.165) is 11.5 Å². The molecule has 0 aliphatic carbocycles. The minimum Gasteiger partial charge on any atom is -0.480 e. The van der Waals surface area contributed by atoms with E-state index in [-0.39, 0.29) is 0 Å². The molecule has 0 saturated heterocycles. The molecule has 0 amide bonds. The lowest BCUT2D eigenvalue weighted by molar-refractivity contribution is -0.139. The number of hydrogen-bond donors (Lipinski definition) is 2. The molecule has 0 bridgehead atoms. The molecule has 0 rings (SSSR count). The zero-order chi connectivity index (χ0) is 14.5. The first-order valence-electron chi connectivity index (χ1n) is 5.49. The summed E-state index contributed by atoms with van der Waals surface area (Å²) >= 11 is 1.63. The number of aliphatic carboxylic acids is 1. The van der Waals surface area contributed by atoms with Crippen LogP contribution in [0.2, 0.25) is 0 Å². The van der Waals surface area contributed by atoms with Gasteiger partial charge >= 0.3 is 11.9 Å². The quantitative estimate of drug-likeness (QED) is 0.405. The van der Waals surface area contributed by atoms with E-state index in [0.29, 0.717) is 12.8 Å². The SMILES string of the molecule is CNC(CCSCCC#CC#CC(=O)OP)C(=O)O. The third kappa shape index (κ3) is 10.4. The van der Waals surface area contributed by atoms with Crippen LogP contribution < -0.4 is 5.32 Å². The standard InChI is InChI=1S/C12H16NO4PS/c1-13-10(12(15)16)7-9-19-8-5-3-2-4-6-11(14)17-18/h10,13H,5,7-9,18H2,1H3,(H,15,16).